The molecule has 2 aromatic carbocycles. The van der Waals surface area contributed by atoms with E-state index >= 15 is 0 Å². The molecular weight excluding hydrogens is 570 g/mol. The SMILES string of the molecule is BrC1[C]2=Cc3cc(ccc31)Sc1cccc3c1C=[C]([Zr+2]2)C3Br.[Cl-].[Cl-]. The van der Waals surface area contributed by atoms with Gasteiger partial charge in [-0.15, -0.1) is 0 Å². The Morgan fingerprint density at radius 3 is 2.46 bits per heavy atom. The van der Waals surface area contributed by atoms with Gasteiger partial charge >= 0.3 is 164 Å². The number of halogens is 4. The van der Waals surface area contributed by atoms with E-state index in [4.69, 9.17) is 0 Å². The molecule has 0 nitrogen and oxygen atoms in total. The second-order valence-corrected chi connectivity index (χ2v) is 12.1. The monoisotopic (exact) mass is 576 g/mol. The molecule has 5 bridgehead atoms. The predicted octanol–water partition coefficient (Wildman–Crippen LogP) is 0.523. The van der Waals surface area contributed by atoms with Gasteiger partial charge < -0.3 is 24.8 Å². The standard InChI is InChI=1S/C18H10Br2S.2ClH.Zr/c19-16-8-4-11-10-12(5-6-13(11)16)21-18-3-1-2-14-15(18)7-9-17(14)20;;;/h1-7,10,16-17H;2*1H;/q;;;+2/p-2. The molecule has 24 heavy (non-hydrogen) atoms. The Balaban J connectivity index is 0.000000845. The van der Waals surface area contributed by atoms with Crippen molar-refractivity contribution in [3.8, 4) is 0 Å². The van der Waals surface area contributed by atoms with Gasteiger partial charge in [0.2, 0.25) is 0 Å². The summed E-state index contributed by atoms with van der Waals surface area (Å²) < 4.78 is 3.27. The molecular formula is C18H10Br2Cl2SZr. The van der Waals surface area contributed by atoms with Gasteiger partial charge in [-0.05, 0) is 0 Å². The van der Waals surface area contributed by atoms with Gasteiger partial charge in [0.1, 0.15) is 0 Å². The fraction of sp³-hybridized carbons (Fsp3) is 0.111. The average molecular weight is 580 g/mol. The molecule has 5 rings (SSSR count). The fourth-order valence-electron chi connectivity index (χ4n) is 3.29. The van der Waals surface area contributed by atoms with E-state index in [0.29, 0.717) is 9.65 Å². The number of hydrogen-bond donors (Lipinski definition) is 0. The Hall–Kier alpha value is 0.693. The molecule has 120 valence electrons. The van der Waals surface area contributed by atoms with Gasteiger partial charge in [-0.3, -0.25) is 0 Å². The second-order valence-electron chi connectivity index (χ2n) is 5.70. The van der Waals surface area contributed by atoms with E-state index in [2.05, 4.69) is 80.4 Å². The van der Waals surface area contributed by atoms with Crippen molar-refractivity contribution in [1.29, 1.82) is 0 Å². The number of alkyl halides is 2. The van der Waals surface area contributed by atoms with Gasteiger partial charge in [0, 0.05) is 0 Å². The average Bonchev–Trinajstić information content (AvgIpc) is 2.98. The van der Waals surface area contributed by atoms with Crippen LogP contribution in [-0.2, 0) is 23.2 Å². The van der Waals surface area contributed by atoms with Crippen LogP contribution in [0.4, 0.5) is 0 Å². The van der Waals surface area contributed by atoms with Crippen LogP contribution in [0.2, 0.25) is 0 Å². The van der Waals surface area contributed by atoms with Gasteiger partial charge in [0.05, 0.1) is 0 Å². The van der Waals surface area contributed by atoms with Gasteiger partial charge in [-0.1, -0.05) is 0 Å². The van der Waals surface area contributed by atoms with Crippen LogP contribution >= 0.6 is 43.6 Å². The molecule has 6 heteroatoms. The summed E-state index contributed by atoms with van der Waals surface area (Å²) in [5, 5.41) is 0. The number of allylic oxidation sites excluding steroid dienone is 2. The molecule has 0 fully saturated rings. The largest absolute Gasteiger partial charge is 1.00 e. The molecule has 0 N–H and O–H groups in total. The molecule has 0 radical (unpaired) electrons. The maximum atomic E-state index is 3.95. The van der Waals surface area contributed by atoms with Crippen molar-refractivity contribution < 1.29 is 48.0 Å². The molecule has 1 heterocycles. The third-order valence-corrected chi connectivity index (χ3v) is 13.0. The van der Waals surface area contributed by atoms with E-state index < -0.39 is 23.2 Å². The molecule has 3 aliphatic rings. The van der Waals surface area contributed by atoms with E-state index in [-0.39, 0.29) is 24.8 Å². The summed E-state index contributed by atoms with van der Waals surface area (Å²) in [6, 6.07) is 13.7. The summed E-state index contributed by atoms with van der Waals surface area (Å²) in [7, 11) is 0. The Bertz CT molecular complexity index is 895. The molecule has 1 aliphatic heterocycles. The van der Waals surface area contributed by atoms with Crippen LogP contribution in [-0.4, -0.2) is 0 Å². The summed E-state index contributed by atoms with van der Waals surface area (Å²) in [5.41, 5.74) is 5.73. The van der Waals surface area contributed by atoms with E-state index in [0.717, 1.165) is 0 Å². The summed E-state index contributed by atoms with van der Waals surface area (Å²) in [4.78, 5) is 3.57. The molecule has 2 aliphatic carbocycles. The first-order valence-corrected chi connectivity index (χ1v) is 12.2. The summed E-state index contributed by atoms with van der Waals surface area (Å²) in [6.45, 7) is 0. The van der Waals surface area contributed by atoms with E-state index in [9.17, 15) is 0 Å². The summed E-state index contributed by atoms with van der Waals surface area (Å²) in [5.74, 6) is 0. The van der Waals surface area contributed by atoms with Crippen LogP contribution in [0.25, 0.3) is 12.2 Å². The minimum Gasteiger partial charge on any atom is -1.00 e. The third-order valence-electron chi connectivity index (χ3n) is 4.38. The van der Waals surface area contributed by atoms with Crippen LogP contribution in [0.1, 0.15) is 31.9 Å². The zero-order valence-corrected chi connectivity index (χ0v) is 20.2. The van der Waals surface area contributed by atoms with Crippen molar-refractivity contribution in [1.82, 2.24) is 0 Å². The van der Waals surface area contributed by atoms with Crippen LogP contribution in [0.5, 0.6) is 0 Å². The van der Waals surface area contributed by atoms with Crippen LogP contribution in [0.3, 0.4) is 0 Å². The van der Waals surface area contributed by atoms with Crippen molar-refractivity contribution in [2.24, 2.45) is 0 Å². The number of rotatable bonds is 0. The number of hydrogen-bond acceptors (Lipinski definition) is 1. The minimum atomic E-state index is -0.758. The number of benzene rings is 2. The Labute approximate surface area is 186 Å². The maximum Gasteiger partial charge on any atom is -1.00 e. The molecule has 0 amide bonds. The van der Waals surface area contributed by atoms with Crippen molar-refractivity contribution in [3.63, 3.8) is 0 Å². The zero-order chi connectivity index (χ0) is 14.8. The van der Waals surface area contributed by atoms with Gasteiger partial charge in [-0.25, -0.2) is 0 Å². The Morgan fingerprint density at radius 1 is 0.875 bits per heavy atom. The van der Waals surface area contributed by atoms with Crippen molar-refractivity contribution >= 4 is 55.8 Å². The fourth-order valence-corrected chi connectivity index (χ4v) is 10.0. The number of fused-ring (bicyclic) bond motifs is 1. The molecule has 0 aromatic heterocycles. The second kappa shape index (κ2) is 7.37. The zero-order valence-electron chi connectivity index (χ0n) is 12.2. The van der Waals surface area contributed by atoms with Crippen molar-refractivity contribution in [3.05, 3.63) is 65.2 Å². The Kier molecular flexibility index (Phi) is 5.97. The van der Waals surface area contributed by atoms with Crippen molar-refractivity contribution in [2.75, 3.05) is 0 Å². The first-order valence-electron chi connectivity index (χ1n) is 7.14. The first kappa shape index (κ1) is 19.5. The Morgan fingerprint density at radius 2 is 1.62 bits per heavy atom. The van der Waals surface area contributed by atoms with Crippen LogP contribution in [0, 0.1) is 0 Å². The minimum absolute atomic E-state index is 0. The molecule has 0 saturated heterocycles. The predicted molar refractivity (Wildman–Crippen MR) is 96.3 cm³/mol. The van der Waals surface area contributed by atoms with Gasteiger partial charge in [0.25, 0.3) is 0 Å². The van der Waals surface area contributed by atoms with E-state index in [1.807, 2.05) is 11.8 Å². The molecule has 2 unspecified atom stereocenters. The molecule has 2 atom stereocenters. The third kappa shape index (κ3) is 3.00. The van der Waals surface area contributed by atoms with E-state index in [1.165, 1.54) is 32.0 Å². The molecule has 0 spiro atoms. The van der Waals surface area contributed by atoms with E-state index in [1.54, 1.807) is 6.56 Å². The summed E-state index contributed by atoms with van der Waals surface area (Å²) in [6.07, 6.45) is 4.91. The van der Waals surface area contributed by atoms with Crippen LogP contribution < -0.4 is 24.8 Å². The normalized spacial score (nSPS) is 21.4. The maximum absolute atomic E-state index is 3.95. The quantitative estimate of drug-likeness (QED) is 0.410. The first-order chi connectivity index (χ1) is 10.7. The van der Waals surface area contributed by atoms with Gasteiger partial charge in [0.15, 0.2) is 0 Å². The topological polar surface area (TPSA) is 0 Å². The van der Waals surface area contributed by atoms with Crippen LogP contribution in [0.15, 0.2) is 52.8 Å². The molecule has 0 saturated carbocycles. The smallest absolute Gasteiger partial charge is 1.00 e. The molecule has 2 aromatic rings. The van der Waals surface area contributed by atoms with Gasteiger partial charge in [-0.2, -0.15) is 0 Å². The van der Waals surface area contributed by atoms with Crippen molar-refractivity contribution in [2.45, 2.75) is 19.4 Å². The summed E-state index contributed by atoms with van der Waals surface area (Å²) >= 11 is 9.02.